The number of hydrogen-bond donors (Lipinski definition) is 1. The molecule has 1 aliphatic rings. The SMILES string of the molecule is C#[N+]C[N+](C)(C[N+]#C)[C@@H](C)C(=O)N1CCC[C@H]1C(=O)O. The van der Waals surface area contributed by atoms with Gasteiger partial charge < -0.3 is 10.0 Å². The van der Waals surface area contributed by atoms with E-state index >= 15 is 0 Å². The number of hydrogen-bond acceptors (Lipinski definition) is 2. The van der Waals surface area contributed by atoms with Gasteiger partial charge in [-0.3, -0.25) is 4.79 Å². The maximum Gasteiger partial charge on any atom is 0.389 e. The van der Waals surface area contributed by atoms with Crippen LogP contribution in [0, 0.1) is 13.1 Å². The fourth-order valence-electron chi connectivity index (χ4n) is 2.46. The number of nitrogens with zero attached hydrogens (tertiary/aromatic N) is 4. The molecule has 2 atom stereocenters. The van der Waals surface area contributed by atoms with Gasteiger partial charge in [0.05, 0.1) is 7.05 Å². The summed E-state index contributed by atoms with van der Waals surface area (Å²) >= 11 is 0. The van der Waals surface area contributed by atoms with E-state index in [4.69, 9.17) is 18.3 Å². The molecule has 1 rings (SSSR count). The minimum atomic E-state index is -0.968. The topological polar surface area (TPSA) is 66.3 Å². The maximum absolute atomic E-state index is 12.5. The zero-order valence-electron chi connectivity index (χ0n) is 11.9. The smallest absolute Gasteiger partial charge is 0.389 e. The Bertz CT molecular complexity index is 461. The zero-order valence-corrected chi connectivity index (χ0v) is 11.9. The Morgan fingerprint density at radius 3 is 2.40 bits per heavy atom. The van der Waals surface area contributed by atoms with Crippen molar-refractivity contribution in [3.63, 3.8) is 0 Å². The number of amides is 1. The van der Waals surface area contributed by atoms with Crippen LogP contribution < -0.4 is 0 Å². The van der Waals surface area contributed by atoms with E-state index in [9.17, 15) is 9.59 Å². The van der Waals surface area contributed by atoms with E-state index in [1.54, 1.807) is 14.0 Å². The molecule has 0 aliphatic carbocycles. The summed E-state index contributed by atoms with van der Waals surface area (Å²) in [5.41, 5.74) is 0. The number of carbonyl (C=O) groups is 2. The van der Waals surface area contributed by atoms with E-state index in [1.807, 2.05) is 0 Å². The summed E-state index contributed by atoms with van der Waals surface area (Å²) in [6, 6.07) is -1.27. The van der Waals surface area contributed by atoms with E-state index in [1.165, 1.54) is 4.90 Å². The van der Waals surface area contributed by atoms with E-state index in [0.717, 1.165) is 0 Å². The van der Waals surface area contributed by atoms with E-state index in [-0.39, 0.29) is 23.7 Å². The molecule has 0 spiro atoms. The molecule has 0 saturated carbocycles. The van der Waals surface area contributed by atoms with Gasteiger partial charge in [0.1, 0.15) is 6.04 Å². The molecule has 1 aliphatic heterocycles. The number of aliphatic carboxylic acids is 1. The van der Waals surface area contributed by atoms with Crippen LogP contribution in [0.3, 0.4) is 0 Å². The zero-order chi connectivity index (χ0) is 15.3. The lowest BCUT2D eigenvalue weighted by molar-refractivity contribution is -0.913. The van der Waals surface area contributed by atoms with Gasteiger partial charge in [-0.25, -0.2) is 4.79 Å². The van der Waals surface area contributed by atoms with Crippen LogP contribution in [-0.2, 0) is 9.59 Å². The molecule has 0 aromatic carbocycles. The van der Waals surface area contributed by atoms with Crippen molar-refractivity contribution < 1.29 is 19.2 Å². The van der Waals surface area contributed by atoms with Crippen molar-refractivity contribution in [2.45, 2.75) is 31.8 Å². The molecule has 1 amide bonds. The lowest BCUT2D eigenvalue weighted by Gasteiger charge is -2.31. The Morgan fingerprint density at radius 2 is 1.95 bits per heavy atom. The predicted molar refractivity (Wildman–Crippen MR) is 74.4 cm³/mol. The van der Waals surface area contributed by atoms with Crippen molar-refractivity contribution in [1.82, 2.24) is 4.90 Å². The second-order valence-corrected chi connectivity index (χ2v) is 5.33. The molecule has 1 N–H and O–H groups in total. The van der Waals surface area contributed by atoms with Gasteiger partial charge in [-0.1, -0.05) is 0 Å². The first-order valence-corrected chi connectivity index (χ1v) is 6.48. The number of likely N-dealkylation sites (N-methyl/N-ethyl adjacent to an activating group) is 1. The van der Waals surface area contributed by atoms with Crippen LogP contribution in [0.4, 0.5) is 0 Å². The molecule has 1 heterocycles. The molecule has 1 fully saturated rings. The quantitative estimate of drug-likeness (QED) is 0.756. The van der Waals surface area contributed by atoms with Gasteiger partial charge in [0, 0.05) is 6.54 Å². The third kappa shape index (κ3) is 3.06. The van der Waals surface area contributed by atoms with E-state index in [0.29, 0.717) is 19.4 Å². The van der Waals surface area contributed by atoms with Gasteiger partial charge >= 0.3 is 19.3 Å². The summed E-state index contributed by atoms with van der Waals surface area (Å²) in [6.07, 6.45) is 1.18. The summed E-state index contributed by atoms with van der Waals surface area (Å²) in [5.74, 6) is -1.20. The summed E-state index contributed by atoms with van der Waals surface area (Å²) in [5, 5.41) is 9.15. The van der Waals surface area contributed by atoms with Gasteiger partial charge in [-0.05, 0) is 29.5 Å². The molecule has 108 valence electrons. The second kappa shape index (κ2) is 6.36. The van der Waals surface area contributed by atoms with Crippen LogP contribution in [-0.4, -0.2) is 65.4 Å². The first-order chi connectivity index (χ1) is 9.37. The van der Waals surface area contributed by atoms with Crippen LogP contribution in [0.5, 0.6) is 0 Å². The molecule has 0 aromatic heterocycles. The molecule has 7 heteroatoms. The largest absolute Gasteiger partial charge is 0.480 e. The molecular weight excluding hydrogens is 260 g/mol. The van der Waals surface area contributed by atoms with Crippen molar-refractivity contribution in [2.75, 3.05) is 26.9 Å². The van der Waals surface area contributed by atoms with Crippen molar-refractivity contribution in [3.05, 3.63) is 9.69 Å². The van der Waals surface area contributed by atoms with Gasteiger partial charge in [0.25, 0.3) is 19.1 Å². The number of carboxylic acids is 1. The lowest BCUT2D eigenvalue weighted by atomic mass is 10.2. The van der Waals surface area contributed by atoms with Crippen LogP contribution in [0.1, 0.15) is 19.8 Å². The lowest BCUT2D eigenvalue weighted by Crippen LogP contribution is -2.59. The summed E-state index contributed by atoms with van der Waals surface area (Å²) in [4.78, 5) is 32.3. The van der Waals surface area contributed by atoms with Crippen molar-refractivity contribution in [2.24, 2.45) is 0 Å². The molecule has 0 bridgehead atoms. The van der Waals surface area contributed by atoms with Crippen molar-refractivity contribution >= 4 is 11.9 Å². The Kier molecular flexibility index (Phi) is 5.06. The monoisotopic (exact) mass is 281 g/mol. The summed E-state index contributed by atoms with van der Waals surface area (Å²) < 4.78 is 0.120. The van der Waals surface area contributed by atoms with Gasteiger partial charge in [0.2, 0.25) is 0 Å². The predicted octanol–water partition coefficient (Wildman–Crippen LogP) is 0.737. The highest BCUT2D eigenvalue weighted by molar-refractivity contribution is 5.86. The number of carboxylic acid groups (broad SMARTS) is 1. The molecular formula is C13H21N4O3+3. The standard InChI is InChI=1S/C13H20N4O3/c1-10(17(4,8-14-2)9-15-3)12(18)16-7-5-6-11(16)13(19)20/h2-3,10-11H,5-9H2,1,4H3/q+2/p+1/t10-,11-/m0/s1. The highest BCUT2D eigenvalue weighted by Crippen LogP contribution is 2.22. The highest BCUT2D eigenvalue weighted by Gasteiger charge is 2.46. The summed E-state index contributed by atoms with van der Waals surface area (Å²) in [6.45, 7) is 13.0. The van der Waals surface area contributed by atoms with Gasteiger partial charge in [0.15, 0.2) is 6.04 Å². The normalized spacial score (nSPS) is 20.0. The van der Waals surface area contributed by atoms with Crippen LogP contribution in [0.15, 0.2) is 0 Å². The van der Waals surface area contributed by atoms with Gasteiger partial charge in [-0.15, -0.1) is 0 Å². The molecule has 7 nitrogen and oxygen atoms in total. The van der Waals surface area contributed by atoms with Crippen LogP contribution in [0.2, 0.25) is 0 Å². The molecule has 0 aromatic rings. The third-order valence-electron chi connectivity index (χ3n) is 3.92. The van der Waals surface area contributed by atoms with E-state index in [2.05, 4.69) is 9.69 Å². The van der Waals surface area contributed by atoms with Crippen LogP contribution >= 0.6 is 0 Å². The Balaban J connectivity index is 2.92. The number of likely N-dealkylation sites (tertiary alicyclic amines) is 1. The van der Waals surface area contributed by atoms with E-state index < -0.39 is 18.1 Å². The average Bonchev–Trinajstić information content (AvgIpc) is 2.86. The average molecular weight is 281 g/mol. The fourth-order valence-corrected chi connectivity index (χ4v) is 2.46. The first kappa shape index (κ1) is 15.9. The number of quaternary nitrogens is 1. The molecule has 20 heavy (non-hydrogen) atoms. The highest BCUT2D eigenvalue weighted by atomic mass is 16.4. The summed E-state index contributed by atoms with van der Waals surface area (Å²) in [7, 11) is 1.77. The molecule has 1 saturated heterocycles. The number of carbonyl (C=O) groups excluding carboxylic acids is 1. The van der Waals surface area contributed by atoms with Crippen LogP contribution in [0.25, 0.3) is 9.69 Å². The first-order valence-electron chi connectivity index (χ1n) is 6.48. The minimum Gasteiger partial charge on any atom is -0.480 e. The Morgan fingerprint density at radius 1 is 1.40 bits per heavy atom. The fraction of sp³-hybridized carbons (Fsp3) is 0.692. The Labute approximate surface area is 118 Å². The molecule has 0 unspecified atom stereocenters. The van der Waals surface area contributed by atoms with Crippen molar-refractivity contribution in [3.8, 4) is 13.1 Å². The van der Waals surface area contributed by atoms with Crippen molar-refractivity contribution in [1.29, 1.82) is 0 Å². The molecule has 0 radical (unpaired) electrons. The maximum atomic E-state index is 12.5. The third-order valence-corrected chi connectivity index (χ3v) is 3.92. The Hall–Kier alpha value is -2.12. The number of rotatable bonds is 5. The van der Waals surface area contributed by atoms with Gasteiger partial charge in [-0.2, -0.15) is 4.48 Å². The second-order valence-electron chi connectivity index (χ2n) is 5.33. The minimum absolute atomic E-state index is 0.120.